The van der Waals surface area contributed by atoms with Crippen LogP contribution in [0.3, 0.4) is 0 Å². The van der Waals surface area contributed by atoms with Gasteiger partial charge in [0.1, 0.15) is 6.10 Å². The van der Waals surface area contributed by atoms with Gasteiger partial charge in [-0.05, 0) is 29.3 Å². The van der Waals surface area contributed by atoms with E-state index in [1.165, 1.54) is 24.1 Å². The topological polar surface area (TPSA) is 59.1 Å². The number of ether oxygens (including phenoxy) is 1. The minimum Gasteiger partial charge on any atom is -0.453 e. The summed E-state index contributed by atoms with van der Waals surface area (Å²) < 4.78 is 44.5. The number of methoxy groups -OCH3 is 1. The molecule has 0 aromatic heterocycles. The number of amides is 2. The Kier molecular flexibility index (Phi) is 5.45. The highest BCUT2D eigenvalue weighted by molar-refractivity contribution is 5.80. The van der Waals surface area contributed by atoms with Crippen molar-refractivity contribution in [1.29, 1.82) is 0 Å². The Bertz CT molecular complexity index is 1010. The molecule has 2 bridgehead atoms. The van der Waals surface area contributed by atoms with Gasteiger partial charge in [0.05, 0.1) is 25.1 Å². The van der Waals surface area contributed by atoms with Crippen molar-refractivity contribution in [3.8, 4) is 0 Å². The first-order valence-electron chi connectivity index (χ1n) is 9.54. The highest BCUT2D eigenvalue weighted by Gasteiger charge is 2.50. The maximum atomic E-state index is 13.2. The third kappa shape index (κ3) is 4.00. The van der Waals surface area contributed by atoms with Crippen molar-refractivity contribution in [1.82, 2.24) is 9.96 Å². The summed E-state index contributed by atoms with van der Waals surface area (Å²) in [7, 11) is 1.18. The number of hydroxylamine groups is 2. The van der Waals surface area contributed by atoms with Crippen LogP contribution in [0, 0.1) is 0 Å². The molecule has 5 rings (SSSR count). The first-order chi connectivity index (χ1) is 14.8. The average Bonchev–Trinajstić information content (AvgIpc) is 2.78. The summed E-state index contributed by atoms with van der Waals surface area (Å²) in [6.45, 7) is 0. The van der Waals surface area contributed by atoms with Crippen molar-refractivity contribution < 1.29 is 32.3 Å². The van der Waals surface area contributed by atoms with Gasteiger partial charge in [0.25, 0.3) is 5.91 Å². The van der Waals surface area contributed by atoms with Crippen molar-refractivity contribution in [3.05, 3.63) is 83.4 Å². The monoisotopic (exact) mass is 432 g/mol. The fourth-order valence-corrected chi connectivity index (χ4v) is 3.84. The van der Waals surface area contributed by atoms with E-state index in [1.807, 2.05) is 6.07 Å². The van der Waals surface area contributed by atoms with Crippen molar-refractivity contribution in [2.45, 2.75) is 30.9 Å². The van der Waals surface area contributed by atoms with E-state index in [1.54, 1.807) is 36.4 Å². The van der Waals surface area contributed by atoms with E-state index in [-0.39, 0.29) is 17.9 Å². The molecule has 0 aliphatic carbocycles. The van der Waals surface area contributed by atoms with E-state index < -0.39 is 36.1 Å². The van der Waals surface area contributed by atoms with Crippen LogP contribution in [0.15, 0.2) is 66.7 Å². The molecular formula is C22H19F3N2O4. The summed E-state index contributed by atoms with van der Waals surface area (Å²) in [5.74, 6) is -0.387. The number of alkyl halides is 3. The van der Waals surface area contributed by atoms with E-state index in [0.717, 1.165) is 22.8 Å². The zero-order valence-electron chi connectivity index (χ0n) is 16.5. The predicted octanol–water partition coefficient (Wildman–Crippen LogP) is 4.10. The molecule has 3 aliphatic rings. The first kappa shape index (κ1) is 20.9. The molecule has 2 amide bonds. The fourth-order valence-electron chi connectivity index (χ4n) is 3.84. The van der Waals surface area contributed by atoms with Gasteiger partial charge in [0.15, 0.2) is 6.17 Å². The van der Waals surface area contributed by atoms with Gasteiger partial charge in [0, 0.05) is 0 Å². The first-order valence-corrected chi connectivity index (χ1v) is 9.54. The van der Waals surface area contributed by atoms with Gasteiger partial charge < -0.3 is 4.74 Å². The van der Waals surface area contributed by atoms with Gasteiger partial charge >= 0.3 is 12.3 Å². The average molecular weight is 432 g/mol. The molecule has 6 nitrogen and oxygen atoms in total. The number of hydrogen-bond donors (Lipinski definition) is 0. The van der Waals surface area contributed by atoms with E-state index in [9.17, 15) is 22.8 Å². The Morgan fingerprint density at radius 2 is 1.81 bits per heavy atom. The number of nitrogens with zero attached hydrogens (tertiary/aromatic N) is 2. The van der Waals surface area contributed by atoms with Crippen LogP contribution in [-0.4, -0.2) is 41.3 Å². The molecule has 162 valence electrons. The second kappa shape index (κ2) is 8.07. The summed E-state index contributed by atoms with van der Waals surface area (Å²) in [5.41, 5.74) is 0.160. The minimum absolute atomic E-state index is 0.0428. The highest BCUT2D eigenvalue weighted by atomic mass is 19.4. The third-order valence-corrected chi connectivity index (χ3v) is 5.23. The molecule has 2 aromatic rings. The summed E-state index contributed by atoms with van der Waals surface area (Å²) >= 11 is 0. The summed E-state index contributed by atoms with van der Waals surface area (Å²) in [4.78, 5) is 32.5. The van der Waals surface area contributed by atoms with E-state index in [0.29, 0.717) is 0 Å². The number of halogens is 3. The molecule has 9 heteroatoms. The third-order valence-electron chi connectivity index (χ3n) is 5.23. The van der Waals surface area contributed by atoms with E-state index in [4.69, 9.17) is 9.57 Å². The highest BCUT2D eigenvalue weighted by Crippen LogP contribution is 2.41. The standard InChI is InChI=1S/C22H19F3N2O4/c1-30-21(29)26-18-11-10-17(20(26)15-8-5-9-16(13-15)22(23,24)25)31-27(18)19(28)12-14-6-3-2-4-7-14/h2-11,13,17-18,20H,12H2,1H3/t17-,18+,20+/m0/s1. The second-order valence-electron chi connectivity index (χ2n) is 7.20. The van der Waals surface area contributed by atoms with E-state index >= 15 is 0 Å². The molecule has 3 atom stereocenters. The quantitative estimate of drug-likeness (QED) is 0.686. The Morgan fingerprint density at radius 1 is 1.06 bits per heavy atom. The molecule has 3 heterocycles. The Labute approximate surface area is 176 Å². The Hall–Kier alpha value is -3.33. The number of benzene rings is 2. The number of hydrogen-bond acceptors (Lipinski definition) is 4. The molecule has 31 heavy (non-hydrogen) atoms. The molecule has 0 N–H and O–H groups in total. The van der Waals surface area contributed by atoms with Crippen molar-refractivity contribution in [2.75, 3.05) is 7.11 Å². The SMILES string of the molecule is COC(=O)N1[C@H](c2cccc(C(F)(F)F)c2)[C@@H]2C=C[C@H]1N(C(=O)Cc1ccccc1)O2. The van der Waals surface area contributed by atoms with Crippen LogP contribution in [0.25, 0.3) is 0 Å². The number of carbonyl (C=O) groups is 2. The van der Waals surface area contributed by atoms with Crippen LogP contribution in [-0.2, 0) is 27.0 Å². The lowest BCUT2D eigenvalue weighted by atomic mass is 9.93. The van der Waals surface area contributed by atoms with Crippen molar-refractivity contribution >= 4 is 12.0 Å². The lowest BCUT2D eigenvalue weighted by molar-refractivity contribution is -0.271. The molecule has 1 saturated heterocycles. The largest absolute Gasteiger partial charge is 0.453 e. The number of carbonyl (C=O) groups excluding carboxylic acids is 2. The maximum Gasteiger partial charge on any atom is 0.416 e. The van der Waals surface area contributed by atoms with Crippen LogP contribution in [0.2, 0.25) is 0 Å². The van der Waals surface area contributed by atoms with Gasteiger partial charge in [-0.25, -0.2) is 4.79 Å². The molecule has 2 aromatic carbocycles. The van der Waals surface area contributed by atoms with Crippen molar-refractivity contribution in [3.63, 3.8) is 0 Å². The number of rotatable bonds is 3. The van der Waals surface area contributed by atoms with Crippen LogP contribution in [0.4, 0.5) is 18.0 Å². The fraction of sp³-hybridized carbons (Fsp3) is 0.273. The van der Waals surface area contributed by atoms with Gasteiger partial charge in [-0.15, -0.1) is 0 Å². The molecule has 0 spiro atoms. The molecule has 0 unspecified atom stereocenters. The van der Waals surface area contributed by atoms with E-state index in [2.05, 4.69) is 0 Å². The molecule has 0 radical (unpaired) electrons. The Morgan fingerprint density at radius 3 is 2.48 bits per heavy atom. The molecule has 3 aliphatic heterocycles. The zero-order chi connectivity index (χ0) is 22.2. The van der Waals surface area contributed by atoms with Crippen LogP contribution < -0.4 is 0 Å². The predicted molar refractivity (Wildman–Crippen MR) is 103 cm³/mol. The number of fused-ring (bicyclic) bond motifs is 2. The van der Waals surface area contributed by atoms with Gasteiger partial charge in [-0.3, -0.25) is 14.5 Å². The van der Waals surface area contributed by atoms with Gasteiger partial charge in [-0.1, -0.05) is 48.5 Å². The minimum atomic E-state index is -4.53. The van der Waals surface area contributed by atoms with Crippen LogP contribution in [0.5, 0.6) is 0 Å². The van der Waals surface area contributed by atoms with Crippen molar-refractivity contribution in [2.24, 2.45) is 0 Å². The van der Waals surface area contributed by atoms with Gasteiger partial charge in [0.2, 0.25) is 0 Å². The van der Waals surface area contributed by atoms with Crippen LogP contribution >= 0.6 is 0 Å². The molecule has 1 fully saturated rings. The molecular weight excluding hydrogens is 413 g/mol. The van der Waals surface area contributed by atoms with Crippen LogP contribution in [0.1, 0.15) is 22.7 Å². The molecule has 0 saturated carbocycles. The maximum absolute atomic E-state index is 13.2. The lowest BCUT2D eigenvalue weighted by Gasteiger charge is -2.51. The summed E-state index contributed by atoms with van der Waals surface area (Å²) in [5, 5.41) is 1.08. The smallest absolute Gasteiger partial charge is 0.416 e. The van der Waals surface area contributed by atoms with Gasteiger partial charge in [-0.2, -0.15) is 18.2 Å². The zero-order valence-corrected chi connectivity index (χ0v) is 16.5. The summed E-state index contributed by atoms with van der Waals surface area (Å²) in [6.07, 6.45) is -3.82. The normalized spacial score (nSPS) is 22.5. The summed E-state index contributed by atoms with van der Waals surface area (Å²) in [6, 6.07) is 12.8. The second-order valence-corrected chi connectivity index (χ2v) is 7.20. The lowest BCUT2D eigenvalue weighted by Crippen LogP contribution is -2.63. The Balaban J connectivity index is 1.66.